The normalized spacial score (nSPS) is 10.3. The highest BCUT2D eigenvalue weighted by atomic mass is 35.5. The number of benzene rings is 2. The highest BCUT2D eigenvalue weighted by Gasteiger charge is 2.02. The topological polar surface area (TPSA) is 21.3 Å². The van der Waals surface area contributed by atoms with Crippen LogP contribution in [0.15, 0.2) is 42.5 Å². The third-order valence-electron chi connectivity index (χ3n) is 3.10. The molecule has 19 heavy (non-hydrogen) atoms. The Kier molecular flexibility index (Phi) is 4.69. The molecule has 3 heteroatoms. The van der Waals surface area contributed by atoms with Crippen LogP contribution in [0.5, 0.6) is 5.75 Å². The van der Waals surface area contributed by atoms with E-state index in [0.29, 0.717) is 0 Å². The summed E-state index contributed by atoms with van der Waals surface area (Å²) in [5, 5.41) is 4.17. The van der Waals surface area contributed by atoms with Gasteiger partial charge in [-0.25, -0.2) is 0 Å². The van der Waals surface area contributed by atoms with E-state index < -0.39 is 0 Å². The van der Waals surface area contributed by atoms with Gasteiger partial charge in [-0.15, -0.1) is 0 Å². The van der Waals surface area contributed by atoms with Gasteiger partial charge in [0.2, 0.25) is 0 Å². The molecular formula is C16H18ClNO. The minimum atomic E-state index is 0.773. The van der Waals surface area contributed by atoms with Crippen LogP contribution in [0.4, 0.5) is 5.69 Å². The lowest BCUT2D eigenvalue weighted by molar-refractivity contribution is 0.414. The molecule has 0 aromatic heterocycles. The van der Waals surface area contributed by atoms with Gasteiger partial charge in [0.15, 0.2) is 0 Å². The van der Waals surface area contributed by atoms with E-state index in [1.165, 1.54) is 11.1 Å². The summed E-state index contributed by atoms with van der Waals surface area (Å²) < 4.78 is 5.14. The summed E-state index contributed by atoms with van der Waals surface area (Å²) in [5.41, 5.74) is 3.47. The summed E-state index contributed by atoms with van der Waals surface area (Å²) in [6.07, 6.45) is 0.953. The van der Waals surface area contributed by atoms with Crippen LogP contribution in [-0.4, -0.2) is 13.7 Å². The Morgan fingerprint density at radius 2 is 1.84 bits per heavy atom. The lowest BCUT2D eigenvalue weighted by Gasteiger charge is -2.11. The van der Waals surface area contributed by atoms with Crippen molar-refractivity contribution < 1.29 is 4.74 Å². The van der Waals surface area contributed by atoms with Gasteiger partial charge >= 0.3 is 0 Å². The highest BCUT2D eigenvalue weighted by Crippen LogP contribution is 2.25. The predicted molar refractivity (Wildman–Crippen MR) is 81.4 cm³/mol. The molecule has 0 saturated carbocycles. The second-order valence-corrected chi connectivity index (χ2v) is 4.86. The summed E-state index contributed by atoms with van der Waals surface area (Å²) in [7, 11) is 1.68. The van der Waals surface area contributed by atoms with Crippen LogP contribution in [-0.2, 0) is 6.42 Å². The summed E-state index contributed by atoms with van der Waals surface area (Å²) in [6.45, 7) is 2.92. The van der Waals surface area contributed by atoms with Crippen molar-refractivity contribution >= 4 is 17.3 Å². The Hall–Kier alpha value is -1.67. The second-order valence-electron chi connectivity index (χ2n) is 4.46. The number of halogens is 1. The zero-order valence-electron chi connectivity index (χ0n) is 11.2. The Morgan fingerprint density at radius 3 is 2.47 bits per heavy atom. The van der Waals surface area contributed by atoms with Gasteiger partial charge in [-0.3, -0.25) is 0 Å². The van der Waals surface area contributed by atoms with Gasteiger partial charge in [0.25, 0.3) is 0 Å². The molecule has 0 saturated heterocycles. The van der Waals surface area contributed by atoms with Crippen molar-refractivity contribution in [2.75, 3.05) is 19.0 Å². The van der Waals surface area contributed by atoms with Crippen molar-refractivity contribution in [2.45, 2.75) is 13.3 Å². The largest absolute Gasteiger partial charge is 0.497 e. The van der Waals surface area contributed by atoms with Gasteiger partial charge < -0.3 is 10.1 Å². The smallest absolute Gasteiger partial charge is 0.118 e. The molecule has 100 valence electrons. The number of nitrogens with one attached hydrogen (secondary N) is 1. The number of para-hydroxylation sites is 1. The third kappa shape index (κ3) is 3.65. The SMILES string of the molecule is COc1ccc(CCNc2c(C)cccc2Cl)cc1. The number of ether oxygens (including phenoxy) is 1. The Labute approximate surface area is 119 Å². The van der Waals surface area contributed by atoms with Crippen molar-refractivity contribution in [1.29, 1.82) is 0 Å². The molecule has 0 atom stereocenters. The molecule has 0 heterocycles. The van der Waals surface area contributed by atoms with Gasteiger partial charge in [0, 0.05) is 6.54 Å². The van der Waals surface area contributed by atoms with E-state index in [4.69, 9.17) is 16.3 Å². The molecule has 0 aliphatic rings. The van der Waals surface area contributed by atoms with E-state index >= 15 is 0 Å². The monoisotopic (exact) mass is 275 g/mol. The Bertz CT molecular complexity index is 517. The minimum absolute atomic E-state index is 0.773. The van der Waals surface area contributed by atoms with Crippen LogP contribution >= 0.6 is 11.6 Å². The summed E-state index contributed by atoms with van der Waals surface area (Å²) in [6, 6.07) is 14.1. The lowest BCUT2D eigenvalue weighted by atomic mass is 10.1. The highest BCUT2D eigenvalue weighted by molar-refractivity contribution is 6.33. The van der Waals surface area contributed by atoms with E-state index in [9.17, 15) is 0 Å². The summed E-state index contributed by atoms with van der Waals surface area (Å²) in [4.78, 5) is 0. The van der Waals surface area contributed by atoms with Crippen LogP contribution in [0, 0.1) is 6.92 Å². The van der Waals surface area contributed by atoms with E-state index in [1.807, 2.05) is 24.3 Å². The summed E-state index contributed by atoms with van der Waals surface area (Å²) in [5.74, 6) is 0.888. The van der Waals surface area contributed by atoms with Crippen molar-refractivity contribution in [1.82, 2.24) is 0 Å². The molecule has 1 N–H and O–H groups in total. The number of aryl methyl sites for hydroxylation is 1. The Morgan fingerprint density at radius 1 is 1.11 bits per heavy atom. The van der Waals surface area contributed by atoms with Gasteiger partial charge in [-0.1, -0.05) is 35.9 Å². The number of methoxy groups -OCH3 is 1. The van der Waals surface area contributed by atoms with Crippen molar-refractivity contribution in [3.05, 3.63) is 58.6 Å². The number of hydrogen-bond acceptors (Lipinski definition) is 2. The molecule has 0 radical (unpaired) electrons. The number of anilines is 1. The average molecular weight is 276 g/mol. The van der Waals surface area contributed by atoms with Crippen LogP contribution in [0.2, 0.25) is 5.02 Å². The first-order chi connectivity index (χ1) is 9.20. The first-order valence-electron chi connectivity index (χ1n) is 6.32. The first kappa shape index (κ1) is 13.8. The molecule has 0 aliphatic heterocycles. The number of rotatable bonds is 5. The van der Waals surface area contributed by atoms with Gasteiger partial charge in [0.05, 0.1) is 17.8 Å². The fraction of sp³-hybridized carbons (Fsp3) is 0.250. The van der Waals surface area contributed by atoms with Gasteiger partial charge in [-0.2, -0.15) is 0 Å². The zero-order chi connectivity index (χ0) is 13.7. The second kappa shape index (κ2) is 6.48. The third-order valence-corrected chi connectivity index (χ3v) is 3.41. The fourth-order valence-corrected chi connectivity index (χ4v) is 2.27. The maximum absolute atomic E-state index is 6.17. The maximum Gasteiger partial charge on any atom is 0.118 e. The van der Waals surface area contributed by atoms with Crippen LogP contribution < -0.4 is 10.1 Å². The van der Waals surface area contributed by atoms with Crippen molar-refractivity contribution in [2.24, 2.45) is 0 Å². The van der Waals surface area contributed by atoms with Crippen molar-refractivity contribution in [3.63, 3.8) is 0 Å². The molecule has 2 aromatic carbocycles. The predicted octanol–water partition coefficient (Wildman–Crippen LogP) is 4.31. The molecule has 2 rings (SSSR count). The number of hydrogen-bond donors (Lipinski definition) is 1. The van der Waals surface area contributed by atoms with Gasteiger partial charge in [-0.05, 0) is 42.7 Å². The molecule has 0 amide bonds. The van der Waals surface area contributed by atoms with Crippen molar-refractivity contribution in [3.8, 4) is 5.75 Å². The van der Waals surface area contributed by atoms with Crippen LogP contribution in [0.25, 0.3) is 0 Å². The summed E-state index contributed by atoms with van der Waals surface area (Å²) >= 11 is 6.17. The van der Waals surface area contributed by atoms with Crippen LogP contribution in [0.3, 0.4) is 0 Å². The molecule has 2 nitrogen and oxygen atoms in total. The minimum Gasteiger partial charge on any atom is -0.497 e. The fourth-order valence-electron chi connectivity index (χ4n) is 1.98. The van der Waals surface area contributed by atoms with E-state index in [2.05, 4.69) is 30.4 Å². The molecule has 0 fully saturated rings. The molecule has 0 bridgehead atoms. The zero-order valence-corrected chi connectivity index (χ0v) is 12.0. The van der Waals surface area contributed by atoms with E-state index in [1.54, 1.807) is 7.11 Å². The standard InChI is InChI=1S/C16H18ClNO/c1-12-4-3-5-15(17)16(12)18-11-10-13-6-8-14(19-2)9-7-13/h3-9,18H,10-11H2,1-2H3. The molecule has 0 spiro atoms. The quantitative estimate of drug-likeness (QED) is 0.878. The molecule has 2 aromatic rings. The molecule has 0 aliphatic carbocycles. The maximum atomic E-state index is 6.17. The average Bonchev–Trinajstić information content (AvgIpc) is 2.43. The molecular weight excluding hydrogens is 258 g/mol. The first-order valence-corrected chi connectivity index (χ1v) is 6.70. The van der Waals surface area contributed by atoms with Crippen LogP contribution in [0.1, 0.15) is 11.1 Å². The molecule has 0 unspecified atom stereocenters. The van der Waals surface area contributed by atoms with E-state index in [0.717, 1.165) is 29.4 Å². The van der Waals surface area contributed by atoms with Gasteiger partial charge in [0.1, 0.15) is 5.75 Å². The van der Waals surface area contributed by atoms with E-state index in [-0.39, 0.29) is 0 Å². The lowest BCUT2D eigenvalue weighted by Crippen LogP contribution is -2.06. The Balaban J connectivity index is 1.92.